The van der Waals surface area contributed by atoms with E-state index in [0.717, 1.165) is 0 Å². The molecule has 0 aromatic heterocycles. The van der Waals surface area contributed by atoms with Gasteiger partial charge in [0.05, 0.1) is 17.2 Å². The summed E-state index contributed by atoms with van der Waals surface area (Å²) in [6.45, 7) is 1.70. The number of amides is 4. The van der Waals surface area contributed by atoms with E-state index in [2.05, 4.69) is 10.6 Å². The Kier molecular flexibility index (Phi) is 7.50. The molecule has 0 bridgehead atoms. The average molecular weight is 276 g/mol. The summed E-state index contributed by atoms with van der Waals surface area (Å²) >= 11 is 0. The second kappa shape index (κ2) is 7.57. The van der Waals surface area contributed by atoms with Crippen LogP contribution in [0.3, 0.4) is 0 Å². The van der Waals surface area contributed by atoms with Crippen LogP contribution in [-0.2, 0) is 15.0 Å². The minimum absolute atomic E-state index is 0. The maximum absolute atomic E-state index is 11.9. The fourth-order valence-electron chi connectivity index (χ4n) is 1.96. The SMILES string of the molecule is CCC1(c2ccccc2)C(=O)[N-]C(=O)[N-]C1=O.[Na+].[Na+]. The number of rotatable bonds is 2. The van der Waals surface area contributed by atoms with E-state index in [1.807, 2.05) is 0 Å². The number of barbiturate groups is 1. The molecule has 2 rings (SSSR count). The Morgan fingerprint density at radius 2 is 1.42 bits per heavy atom. The van der Waals surface area contributed by atoms with Crippen molar-refractivity contribution < 1.29 is 73.5 Å². The van der Waals surface area contributed by atoms with Crippen molar-refractivity contribution in [3.8, 4) is 0 Å². The van der Waals surface area contributed by atoms with Gasteiger partial charge in [0, 0.05) is 0 Å². The molecule has 4 amide bonds. The Hall–Kier alpha value is -0.170. The number of nitrogens with zero attached hydrogens (tertiary/aromatic N) is 2. The van der Waals surface area contributed by atoms with Gasteiger partial charge in [-0.15, -0.1) is 0 Å². The molecule has 1 saturated heterocycles. The molecule has 0 atom stereocenters. The summed E-state index contributed by atoms with van der Waals surface area (Å²) < 4.78 is 0. The molecule has 0 aliphatic carbocycles. The van der Waals surface area contributed by atoms with Crippen molar-refractivity contribution in [3.05, 3.63) is 46.5 Å². The normalized spacial score (nSPS) is 16.6. The summed E-state index contributed by atoms with van der Waals surface area (Å²) in [7, 11) is 0. The molecular weight excluding hydrogens is 266 g/mol. The first-order chi connectivity index (χ1) is 8.11. The maximum Gasteiger partial charge on any atom is 1.00 e. The van der Waals surface area contributed by atoms with Crippen LogP contribution in [0, 0.1) is 0 Å². The van der Waals surface area contributed by atoms with Gasteiger partial charge < -0.3 is 25.0 Å². The molecule has 88 valence electrons. The van der Waals surface area contributed by atoms with Crippen LogP contribution in [0.1, 0.15) is 18.9 Å². The van der Waals surface area contributed by atoms with Gasteiger partial charge in [-0.05, 0) is 18.0 Å². The van der Waals surface area contributed by atoms with E-state index in [4.69, 9.17) is 0 Å². The molecule has 1 heterocycles. The standard InChI is InChI=1S/C12H12N2O3.2Na/c1-2-12(8-6-4-3-5-7-8)9(15)13-11(17)14-10(12)16;;/h3-7H,2H2,1H3,(H2,13,14,15,16,17);;/q;2*+1/p-2. The van der Waals surface area contributed by atoms with Crippen molar-refractivity contribution in [2.24, 2.45) is 0 Å². The number of hydrogen-bond donors (Lipinski definition) is 0. The minimum Gasteiger partial charge on any atom is -0.611 e. The van der Waals surface area contributed by atoms with Gasteiger partial charge in [-0.25, -0.2) is 0 Å². The molecule has 1 aromatic rings. The molecule has 0 spiro atoms. The molecule has 0 unspecified atom stereocenters. The predicted molar refractivity (Wildman–Crippen MR) is 60.5 cm³/mol. The number of carbonyl (C=O) groups is 3. The third-order valence-electron chi connectivity index (χ3n) is 2.92. The second-order valence-electron chi connectivity index (χ2n) is 3.74. The van der Waals surface area contributed by atoms with E-state index in [-0.39, 0.29) is 65.5 Å². The van der Waals surface area contributed by atoms with Crippen LogP contribution in [0.15, 0.2) is 30.3 Å². The molecule has 1 aliphatic heterocycles. The molecule has 1 fully saturated rings. The Morgan fingerprint density at radius 1 is 0.947 bits per heavy atom. The van der Waals surface area contributed by atoms with Crippen molar-refractivity contribution in [1.29, 1.82) is 0 Å². The van der Waals surface area contributed by atoms with Gasteiger partial charge in [0.1, 0.15) is 0 Å². The number of benzene rings is 1. The van der Waals surface area contributed by atoms with Crippen molar-refractivity contribution in [1.82, 2.24) is 0 Å². The van der Waals surface area contributed by atoms with Crippen LogP contribution < -0.4 is 59.1 Å². The summed E-state index contributed by atoms with van der Waals surface area (Å²) in [6, 6.07) is 7.55. The Morgan fingerprint density at radius 3 is 1.84 bits per heavy atom. The Labute approximate surface area is 155 Å². The topological polar surface area (TPSA) is 79.4 Å². The molecular formula is C12H10N2Na2O3. The molecule has 5 nitrogen and oxygen atoms in total. The van der Waals surface area contributed by atoms with Crippen molar-refractivity contribution in [3.63, 3.8) is 0 Å². The largest absolute Gasteiger partial charge is 1.00 e. The minimum atomic E-state index is -1.42. The van der Waals surface area contributed by atoms with E-state index < -0.39 is 23.3 Å². The zero-order valence-electron chi connectivity index (χ0n) is 11.2. The van der Waals surface area contributed by atoms with Gasteiger partial charge in [0.2, 0.25) is 0 Å². The smallest absolute Gasteiger partial charge is 0.611 e. The quantitative estimate of drug-likeness (QED) is 0.411. The van der Waals surface area contributed by atoms with Crippen molar-refractivity contribution >= 4 is 17.8 Å². The first kappa shape index (κ1) is 18.8. The van der Waals surface area contributed by atoms with Crippen LogP contribution in [0.4, 0.5) is 4.79 Å². The van der Waals surface area contributed by atoms with Crippen LogP contribution in [0.2, 0.25) is 0 Å². The van der Waals surface area contributed by atoms with E-state index in [1.165, 1.54) is 0 Å². The summed E-state index contributed by atoms with van der Waals surface area (Å²) in [5.41, 5.74) is -0.896. The third-order valence-corrected chi connectivity index (χ3v) is 2.92. The monoisotopic (exact) mass is 276 g/mol. The van der Waals surface area contributed by atoms with E-state index in [0.29, 0.717) is 5.56 Å². The number of carbonyl (C=O) groups excluding carboxylic acids is 3. The molecule has 0 radical (unpaired) electrons. The van der Waals surface area contributed by atoms with Crippen molar-refractivity contribution in [2.75, 3.05) is 0 Å². The van der Waals surface area contributed by atoms with Gasteiger partial charge in [0.25, 0.3) is 0 Å². The maximum atomic E-state index is 11.9. The molecule has 19 heavy (non-hydrogen) atoms. The first-order valence-corrected chi connectivity index (χ1v) is 5.23. The van der Waals surface area contributed by atoms with Gasteiger partial charge in [-0.2, -0.15) is 0 Å². The number of imide groups is 2. The first-order valence-electron chi connectivity index (χ1n) is 5.23. The van der Waals surface area contributed by atoms with Gasteiger partial charge in [-0.1, -0.05) is 37.3 Å². The zero-order chi connectivity index (χ0) is 12.5. The summed E-state index contributed by atoms with van der Waals surface area (Å²) in [4.78, 5) is 34.7. The van der Waals surface area contributed by atoms with E-state index in [9.17, 15) is 14.4 Å². The Bertz CT molecular complexity index is 471. The van der Waals surface area contributed by atoms with E-state index >= 15 is 0 Å². The van der Waals surface area contributed by atoms with E-state index in [1.54, 1.807) is 37.3 Å². The third kappa shape index (κ3) is 3.29. The fraction of sp³-hybridized carbons (Fsp3) is 0.250. The van der Waals surface area contributed by atoms with Crippen LogP contribution in [0.5, 0.6) is 0 Å². The fourth-order valence-corrected chi connectivity index (χ4v) is 1.96. The van der Waals surface area contributed by atoms with Crippen molar-refractivity contribution in [2.45, 2.75) is 18.8 Å². The predicted octanol–water partition coefficient (Wildman–Crippen LogP) is -3.72. The Balaban J connectivity index is 0.00000162. The van der Waals surface area contributed by atoms with Gasteiger partial charge in [0.15, 0.2) is 0 Å². The molecule has 1 aromatic carbocycles. The summed E-state index contributed by atoms with van der Waals surface area (Å²) in [6.07, 6.45) is 0.231. The summed E-state index contributed by atoms with van der Waals surface area (Å²) in [5.74, 6) is -1.45. The van der Waals surface area contributed by atoms with Gasteiger partial charge >= 0.3 is 59.1 Å². The number of urea groups is 1. The van der Waals surface area contributed by atoms with Gasteiger partial charge in [-0.3, -0.25) is 0 Å². The van der Waals surface area contributed by atoms with Crippen LogP contribution in [-0.4, -0.2) is 17.8 Å². The molecule has 1 aliphatic rings. The zero-order valence-corrected chi connectivity index (χ0v) is 15.2. The summed E-state index contributed by atoms with van der Waals surface area (Å²) in [5, 5.41) is 6.54. The molecule has 0 saturated carbocycles. The van der Waals surface area contributed by atoms with Crippen LogP contribution >= 0.6 is 0 Å². The number of hydrogen-bond acceptors (Lipinski definition) is 3. The molecule has 7 heteroatoms. The average Bonchev–Trinajstić information content (AvgIpc) is 2.30. The molecule has 0 N–H and O–H groups in total. The van der Waals surface area contributed by atoms with Crippen LogP contribution in [0.25, 0.3) is 10.6 Å². The second-order valence-corrected chi connectivity index (χ2v) is 3.74.